The number of fused-ring (bicyclic) bond motifs is 5. The van der Waals surface area contributed by atoms with Crippen LogP contribution in [0.3, 0.4) is 0 Å². The first-order valence-electron chi connectivity index (χ1n) is 18.1. The van der Waals surface area contributed by atoms with Gasteiger partial charge in [-0.05, 0) is 74.2 Å². The number of cyclic esters (lactones) is 1. The molecular formula is C39H41N3O14. The molecule has 3 aliphatic heterocycles. The van der Waals surface area contributed by atoms with Gasteiger partial charge in [-0.25, -0.2) is 19.4 Å². The Kier molecular flexibility index (Phi) is 10.2. The lowest BCUT2D eigenvalue weighted by Crippen LogP contribution is -2.61. The number of carbonyl (C=O) groups is 3. The number of aliphatic hydroxyl groups excluding tert-OH is 3. The average molecular weight is 776 g/mol. The Morgan fingerprint density at radius 1 is 1.04 bits per heavy atom. The highest BCUT2D eigenvalue weighted by atomic mass is 16.7. The average Bonchev–Trinajstić information content (AvgIpc) is 3.53. The number of pyridine rings is 2. The molecule has 296 valence electrons. The van der Waals surface area contributed by atoms with Gasteiger partial charge >= 0.3 is 18.1 Å². The maximum atomic E-state index is 13.6. The Morgan fingerprint density at radius 3 is 2.50 bits per heavy atom. The summed E-state index contributed by atoms with van der Waals surface area (Å²) in [6.07, 6.45) is -9.35. The Balaban J connectivity index is 1.08. The summed E-state index contributed by atoms with van der Waals surface area (Å²) < 4.78 is 28.7. The summed E-state index contributed by atoms with van der Waals surface area (Å²) in [4.78, 5) is 55.5. The van der Waals surface area contributed by atoms with E-state index in [9.17, 15) is 44.7 Å². The molecule has 56 heavy (non-hydrogen) atoms. The van der Waals surface area contributed by atoms with E-state index in [1.165, 1.54) is 6.07 Å². The number of carbonyl (C=O) groups excluding carboxylic acids is 2. The van der Waals surface area contributed by atoms with Crippen molar-refractivity contribution in [3.63, 3.8) is 0 Å². The molecule has 17 heteroatoms. The number of aliphatic carboxylic acids is 1. The highest BCUT2D eigenvalue weighted by Gasteiger charge is 2.48. The first-order valence-corrected chi connectivity index (χ1v) is 18.1. The van der Waals surface area contributed by atoms with Crippen molar-refractivity contribution < 1.29 is 63.6 Å². The van der Waals surface area contributed by atoms with Crippen molar-refractivity contribution in [3.05, 3.63) is 80.6 Å². The van der Waals surface area contributed by atoms with E-state index in [1.54, 1.807) is 47.9 Å². The van der Waals surface area contributed by atoms with Crippen LogP contribution in [0.15, 0.2) is 47.3 Å². The molecule has 7 rings (SSSR count). The number of carboxylic acid groups (broad SMARTS) is 1. The number of carboxylic acids is 1. The number of anilines is 1. The normalized spacial score (nSPS) is 23.9. The maximum Gasteiger partial charge on any atom is 0.514 e. The summed E-state index contributed by atoms with van der Waals surface area (Å²) in [6.45, 7) is 7.07. The third-order valence-corrected chi connectivity index (χ3v) is 10.2. The van der Waals surface area contributed by atoms with Gasteiger partial charge < -0.3 is 59.1 Å². The van der Waals surface area contributed by atoms with Crippen LogP contribution in [0.1, 0.15) is 61.9 Å². The number of benzene rings is 2. The van der Waals surface area contributed by atoms with E-state index >= 15 is 0 Å². The monoisotopic (exact) mass is 775 g/mol. The summed E-state index contributed by atoms with van der Waals surface area (Å²) in [5.74, 6) is -2.02. The molecule has 0 spiro atoms. The number of nitrogens with zero attached hydrogens (tertiary/aromatic N) is 2. The van der Waals surface area contributed by atoms with Crippen LogP contribution in [0.25, 0.3) is 22.3 Å². The van der Waals surface area contributed by atoms with Gasteiger partial charge in [0.1, 0.15) is 43.0 Å². The molecular weight excluding hydrogens is 734 g/mol. The topological polar surface area (TPSA) is 245 Å². The van der Waals surface area contributed by atoms with Crippen LogP contribution in [-0.2, 0) is 55.6 Å². The molecule has 0 aliphatic carbocycles. The standard InChI is InChI=1S/C39H41N3O14/c1-5-20-21-12-19(8-9-25(21)41-29-22(20)14-42-27(29)13-24-23(34(42)46)16-52-37(49)39(24,51)6-2)54-38(50)53-15-18-7-10-28(26(11-18)40-17(3)4)55-36-32(45)30(43)31(44)33(56-36)35(47)48/h7-13,17,30-33,36,40,43-45,51H,5-6,14-16H2,1-4H3,(H,47,48)/t30-,31-,32+,33-,36+,39-/m0/s1. The minimum Gasteiger partial charge on any atom is -0.479 e. The van der Waals surface area contributed by atoms with E-state index in [0.717, 1.165) is 11.1 Å². The summed E-state index contributed by atoms with van der Waals surface area (Å²) in [7, 11) is 0. The SMILES string of the molecule is CCc1c2c(nc3ccc(OC(=O)OCc4ccc(O[C@@H]5O[C@H](C(=O)O)[C@@H](O)[C@H](O)[C@H]5O)c(NC(C)C)c4)cc13)-c1cc3c(c(=O)n1C2)COC(=O)[C@]3(O)CC. The molecule has 0 bridgehead atoms. The molecule has 5 heterocycles. The Labute approximate surface area is 319 Å². The quantitative estimate of drug-likeness (QED) is 0.0881. The van der Waals surface area contributed by atoms with E-state index in [0.29, 0.717) is 40.0 Å². The molecule has 1 fully saturated rings. The van der Waals surface area contributed by atoms with Crippen LogP contribution in [0.5, 0.6) is 11.5 Å². The van der Waals surface area contributed by atoms with Gasteiger partial charge in [-0.1, -0.05) is 19.9 Å². The second-order valence-electron chi connectivity index (χ2n) is 14.2. The summed E-state index contributed by atoms with van der Waals surface area (Å²) in [5, 5.41) is 55.0. The summed E-state index contributed by atoms with van der Waals surface area (Å²) >= 11 is 0. The molecule has 2 aromatic carbocycles. The third kappa shape index (κ3) is 6.70. The van der Waals surface area contributed by atoms with Crippen molar-refractivity contribution in [1.29, 1.82) is 0 Å². The molecule has 0 unspecified atom stereocenters. The van der Waals surface area contributed by atoms with Gasteiger partial charge in [0.2, 0.25) is 6.29 Å². The summed E-state index contributed by atoms with van der Waals surface area (Å²) in [5.41, 5.74) is 2.34. The van der Waals surface area contributed by atoms with Gasteiger partial charge in [-0.15, -0.1) is 0 Å². The van der Waals surface area contributed by atoms with E-state index < -0.39 is 54.4 Å². The van der Waals surface area contributed by atoms with Crippen molar-refractivity contribution in [2.24, 2.45) is 0 Å². The van der Waals surface area contributed by atoms with Crippen molar-refractivity contribution in [3.8, 4) is 22.9 Å². The second kappa shape index (κ2) is 14.8. The van der Waals surface area contributed by atoms with Gasteiger partial charge in [0.05, 0.1) is 34.7 Å². The highest BCUT2D eigenvalue weighted by Crippen LogP contribution is 2.41. The molecule has 17 nitrogen and oxygen atoms in total. The lowest BCUT2D eigenvalue weighted by molar-refractivity contribution is -0.271. The number of aliphatic hydroxyl groups is 4. The third-order valence-electron chi connectivity index (χ3n) is 10.2. The number of nitrogens with one attached hydrogen (secondary N) is 1. The molecule has 3 aliphatic rings. The first-order chi connectivity index (χ1) is 26.6. The van der Waals surface area contributed by atoms with Gasteiger partial charge in [0, 0.05) is 22.6 Å². The van der Waals surface area contributed by atoms with Crippen molar-refractivity contribution in [2.45, 2.75) is 103 Å². The van der Waals surface area contributed by atoms with Crippen LogP contribution >= 0.6 is 0 Å². The smallest absolute Gasteiger partial charge is 0.479 e. The molecule has 0 radical (unpaired) electrons. The summed E-state index contributed by atoms with van der Waals surface area (Å²) in [6, 6.07) is 11.1. The fourth-order valence-corrected chi connectivity index (χ4v) is 7.34. The van der Waals surface area contributed by atoms with Crippen LogP contribution in [0.2, 0.25) is 0 Å². The molecule has 6 atom stereocenters. The van der Waals surface area contributed by atoms with Crippen molar-refractivity contribution >= 4 is 34.7 Å². The van der Waals surface area contributed by atoms with Gasteiger partial charge in [0.15, 0.2) is 11.7 Å². The number of ether oxygens (including phenoxy) is 5. The van der Waals surface area contributed by atoms with Crippen LogP contribution in [0.4, 0.5) is 10.5 Å². The predicted molar refractivity (Wildman–Crippen MR) is 195 cm³/mol. The minimum absolute atomic E-state index is 0.0299. The van der Waals surface area contributed by atoms with Crippen LogP contribution in [-0.4, -0.2) is 89.9 Å². The largest absolute Gasteiger partial charge is 0.514 e. The minimum atomic E-state index is -1.94. The van der Waals surface area contributed by atoms with Gasteiger partial charge in [-0.3, -0.25) is 4.79 Å². The zero-order valence-corrected chi connectivity index (χ0v) is 30.8. The lowest BCUT2D eigenvalue weighted by Gasteiger charge is -2.38. The van der Waals surface area contributed by atoms with E-state index in [1.807, 2.05) is 20.8 Å². The van der Waals surface area contributed by atoms with Gasteiger partial charge in [0.25, 0.3) is 5.56 Å². The zero-order chi connectivity index (χ0) is 40.2. The Bertz CT molecular complexity index is 2310. The van der Waals surface area contributed by atoms with Crippen LogP contribution < -0.4 is 20.3 Å². The number of aromatic nitrogens is 2. The fraction of sp³-hybridized carbons (Fsp3) is 0.410. The van der Waals surface area contributed by atoms with Gasteiger partial charge in [-0.2, -0.15) is 0 Å². The molecule has 4 aromatic rings. The van der Waals surface area contributed by atoms with E-state index in [-0.39, 0.29) is 60.4 Å². The number of esters is 1. The lowest BCUT2D eigenvalue weighted by atomic mass is 9.86. The van der Waals surface area contributed by atoms with E-state index in [4.69, 9.17) is 28.7 Å². The Morgan fingerprint density at radius 2 is 1.80 bits per heavy atom. The molecule has 1 saturated heterocycles. The zero-order valence-electron chi connectivity index (χ0n) is 30.8. The second-order valence-corrected chi connectivity index (χ2v) is 14.2. The number of hydrogen-bond acceptors (Lipinski definition) is 15. The number of aryl methyl sites for hydroxylation is 1. The van der Waals surface area contributed by atoms with Crippen LogP contribution in [0, 0.1) is 0 Å². The fourth-order valence-electron chi connectivity index (χ4n) is 7.34. The number of rotatable bonds is 10. The molecule has 0 saturated carbocycles. The maximum absolute atomic E-state index is 13.6. The number of hydrogen-bond donors (Lipinski definition) is 6. The molecule has 0 amide bonds. The van der Waals surface area contributed by atoms with Crippen molar-refractivity contribution in [2.75, 3.05) is 5.32 Å². The van der Waals surface area contributed by atoms with E-state index in [2.05, 4.69) is 5.32 Å². The van der Waals surface area contributed by atoms with Crippen molar-refractivity contribution in [1.82, 2.24) is 9.55 Å². The highest BCUT2D eigenvalue weighted by molar-refractivity contribution is 5.90. The molecule has 2 aromatic heterocycles. The Hall–Kier alpha value is -5.59. The predicted octanol–water partition coefficient (Wildman–Crippen LogP) is 2.45. The first kappa shape index (κ1) is 38.7. The molecule has 6 N–H and O–H groups in total.